The van der Waals surface area contributed by atoms with E-state index in [9.17, 15) is 13.2 Å². The highest BCUT2D eigenvalue weighted by molar-refractivity contribution is 6.32. The Morgan fingerprint density at radius 1 is 1.29 bits per heavy atom. The predicted molar refractivity (Wildman–Crippen MR) is 78.2 cm³/mol. The zero-order valence-electron chi connectivity index (χ0n) is 11.4. The van der Waals surface area contributed by atoms with Crippen LogP contribution in [0.3, 0.4) is 0 Å². The van der Waals surface area contributed by atoms with E-state index in [0.29, 0.717) is 0 Å². The monoisotopic (exact) mass is 344 g/mol. The second-order valence-corrected chi connectivity index (χ2v) is 5.11. The summed E-state index contributed by atoms with van der Waals surface area (Å²) < 4.78 is 40.4. The molecule has 21 heavy (non-hydrogen) atoms. The van der Waals surface area contributed by atoms with Gasteiger partial charge in [-0.25, -0.2) is 0 Å². The van der Waals surface area contributed by atoms with E-state index in [1.807, 2.05) is 6.92 Å². The van der Waals surface area contributed by atoms with E-state index in [2.05, 4.69) is 15.0 Å². The van der Waals surface area contributed by atoms with Crippen molar-refractivity contribution in [1.82, 2.24) is 10.2 Å². The van der Waals surface area contributed by atoms with Crippen LogP contribution < -0.4 is 10.1 Å². The van der Waals surface area contributed by atoms with E-state index in [-0.39, 0.29) is 29.2 Å². The summed E-state index contributed by atoms with van der Waals surface area (Å²) >= 11 is 5.86. The minimum atomic E-state index is -4.73. The summed E-state index contributed by atoms with van der Waals surface area (Å²) in [5, 5.41) is 3.23. The molecule has 1 aromatic rings. The Bertz CT molecular complexity index is 465. The molecule has 1 saturated heterocycles. The van der Waals surface area contributed by atoms with Crippen molar-refractivity contribution in [3.63, 3.8) is 0 Å². The first-order valence-corrected chi connectivity index (χ1v) is 6.74. The highest BCUT2D eigenvalue weighted by atomic mass is 35.5. The van der Waals surface area contributed by atoms with Gasteiger partial charge in [0.2, 0.25) is 0 Å². The second-order valence-electron chi connectivity index (χ2n) is 4.70. The number of hydrogen-bond acceptors (Lipinski definition) is 3. The van der Waals surface area contributed by atoms with Gasteiger partial charge in [-0.1, -0.05) is 17.7 Å². The lowest BCUT2D eigenvalue weighted by Crippen LogP contribution is -2.44. The summed E-state index contributed by atoms with van der Waals surface area (Å²) in [4.78, 5) is 2.26. The average Bonchev–Trinajstić information content (AvgIpc) is 2.40. The summed E-state index contributed by atoms with van der Waals surface area (Å²) in [6.07, 6.45) is -4.73. The molecule has 3 nitrogen and oxygen atoms in total. The molecule has 120 valence electrons. The van der Waals surface area contributed by atoms with Gasteiger partial charge in [0.25, 0.3) is 0 Å². The molecular weight excluding hydrogens is 328 g/mol. The highest BCUT2D eigenvalue weighted by Gasteiger charge is 2.32. The van der Waals surface area contributed by atoms with Crippen LogP contribution in [0.1, 0.15) is 18.5 Å². The van der Waals surface area contributed by atoms with Gasteiger partial charge in [-0.3, -0.25) is 4.90 Å². The number of alkyl halides is 3. The minimum absolute atomic E-state index is 0. The van der Waals surface area contributed by atoms with Gasteiger partial charge in [-0.05, 0) is 24.6 Å². The lowest BCUT2D eigenvalue weighted by Gasteiger charge is -2.33. The first-order valence-electron chi connectivity index (χ1n) is 6.37. The number of nitrogens with zero attached hydrogens (tertiary/aromatic N) is 1. The highest BCUT2D eigenvalue weighted by Crippen LogP contribution is 2.33. The molecule has 0 bridgehead atoms. The molecule has 0 radical (unpaired) electrons. The smallest absolute Gasteiger partial charge is 0.404 e. The molecule has 0 aliphatic carbocycles. The number of rotatable bonds is 3. The SMILES string of the molecule is C[C@@H](c1ccc(OC(F)(F)F)c(Cl)c1)N1CCNCC1.Cl. The van der Waals surface area contributed by atoms with Crippen LogP contribution in [0.5, 0.6) is 5.75 Å². The summed E-state index contributed by atoms with van der Waals surface area (Å²) in [5.74, 6) is -0.365. The van der Waals surface area contributed by atoms with Crippen molar-refractivity contribution >= 4 is 24.0 Å². The standard InChI is InChI=1S/C13H16ClF3N2O.ClH/c1-9(19-6-4-18-5-7-19)10-2-3-12(11(14)8-10)20-13(15,16)17;/h2-3,8-9,18H,4-7H2,1H3;1H/t9-;/m0./s1. The lowest BCUT2D eigenvalue weighted by molar-refractivity contribution is -0.274. The van der Waals surface area contributed by atoms with Crippen LogP contribution in [-0.4, -0.2) is 37.4 Å². The van der Waals surface area contributed by atoms with Crippen molar-refractivity contribution in [2.45, 2.75) is 19.3 Å². The molecule has 0 aromatic heterocycles. The molecule has 0 unspecified atom stereocenters. The molecular formula is C13H17Cl2F3N2O. The number of piperazine rings is 1. The maximum atomic E-state index is 12.2. The van der Waals surface area contributed by atoms with E-state index in [4.69, 9.17) is 11.6 Å². The topological polar surface area (TPSA) is 24.5 Å². The summed E-state index contributed by atoms with van der Waals surface area (Å²) in [6.45, 7) is 5.64. The normalized spacial score (nSPS) is 18.0. The van der Waals surface area contributed by atoms with E-state index >= 15 is 0 Å². The minimum Gasteiger partial charge on any atom is -0.404 e. The predicted octanol–water partition coefficient (Wildman–Crippen LogP) is 3.63. The molecule has 1 N–H and O–H groups in total. The fourth-order valence-corrected chi connectivity index (χ4v) is 2.49. The lowest BCUT2D eigenvalue weighted by atomic mass is 10.1. The Morgan fingerprint density at radius 2 is 1.90 bits per heavy atom. The molecule has 1 heterocycles. The number of ether oxygens (including phenoxy) is 1. The van der Waals surface area contributed by atoms with Gasteiger partial charge >= 0.3 is 6.36 Å². The Kier molecular flexibility index (Phi) is 6.59. The fourth-order valence-electron chi connectivity index (χ4n) is 2.26. The molecule has 1 aromatic carbocycles. The van der Waals surface area contributed by atoms with Gasteiger partial charge in [0.05, 0.1) is 5.02 Å². The van der Waals surface area contributed by atoms with Crippen LogP contribution in [0.2, 0.25) is 5.02 Å². The first-order chi connectivity index (χ1) is 9.37. The average molecular weight is 345 g/mol. The summed E-state index contributed by atoms with van der Waals surface area (Å²) in [6, 6.07) is 4.54. The van der Waals surface area contributed by atoms with E-state index in [1.54, 1.807) is 6.07 Å². The molecule has 8 heteroatoms. The Hall–Kier alpha value is -0.690. The van der Waals surface area contributed by atoms with Gasteiger partial charge in [0.15, 0.2) is 0 Å². The largest absolute Gasteiger partial charge is 0.573 e. The molecule has 1 aliphatic heterocycles. The van der Waals surface area contributed by atoms with E-state index < -0.39 is 6.36 Å². The van der Waals surface area contributed by atoms with Gasteiger partial charge in [0.1, 0.15) is 5.75 Å². The van der Waals surface area contributed by atoms with Crippen LogP contribution >= 0.6 is 24.0 Å². The van der Waals surface area contributed by atoms with Gasteiger partial charge in [-0.2, -0.15) is 0 Å². The van der Waals surface area contributed by atoms with E-state index in [1.165, 1.54) is 12.1 Å². The van der Waals surface area contributed by atoms with Crippen LogP contribution in [0, 0.1) is 0 Å². The zero-order valence-corrected chi connectivity index (χ0v) is 13.0. The molecule has 2 rings (SSSR count). The Balaban J connectivity index is 0.00000220. The molecule has 1 aliphatic rings. The van der Waals surface area contributed by atoms with Crippen molar-refractivity contribution in [1.29, 1.82) is 0 Å². The van der Waals surface area contributed by atoms with Crippen molar-refractivity contribution in [2.24, 2.45) is 0 Å². The third-order valence-corrected chi connectivity index (χ3v) is 3.66. The Labute approximate surface area is 132 Å². The number of hydrogen-bond donors (Lipinski definition) is 1. The molecule has 0 spiro atoms. The van der Waals surface area contributed by atoms with Gasteiger partial charge in [0, 0.05) is 32.2 Å². The van der Waals surface area contributed by atoms with Crippen LogP contribution in [-0.2, 0) is 0 Å². The zero-order chi connectivity index (χ0) is 14.8. The van der Waals surface area contributed by atoms with E-state index in [0.717, 1.165) is 31.7 Å². The number of benzene rings is 1. The second kappa shape index (κ2) is 7.54. The first kappa shape index (κ1) is 18.4. The number of nitrogens with one attached hydrogen (secondary N) is 1. The van der Waals surface area contributed by atoms with Crippen molar-refractivity contribution in [2.75, 3.05) is 26.2 Å². The summed E-state index contributed by atoms with van der Waals surface area (Å²) in [5.41, 5.74) is 0.881. The molecule has 1 atom stereocenters. The van der Waals surface area contributed by atoms with Crippen LogP contribution in [0.15, 0.2) is 18.2 Å². The maximum absolute atomic E-state index is 12.2. The quantitative estimate of drug-likeness (QED) is 0.906. The third kappa shape index (κ3) is 5.21. The Morgan fingerprint density at radius 3 is 2.43 bits per heavy atom. The van der Waals surface area contributed by atoms with Crippen molar-refractivity contribution in [3.05, 3.63) is 28.8 Å². The molecule has 0 saturated carbocycles. The van der Waals surface area contributed by atoms with Crippen LogP contribution in [0.4, 0.5) is 13.2 Å². The molecule has 0 amide bonds. The molecule has 1 fully saturated rings. The fraction of sp³-hybridized carbons (Fsp3) is 0.538. The van der Waals surface area contributed by atoms with Crippen molar-refractivity contribution in [3.8, 4) is 5.75 Å². The maximum Gasteiger partial charge on any atom is 0.573 e. The third-order valence-electron chi connectivity index (χ3n) is 3.36. The summed E-state index contributed by atoms with van der Waals surface area (Å²) in [7, 11) is 0. The van der Waals surface area contributed by atoms with Gasteiger partial charge in [-0.15, -0.1) is 25.6 Å². The van der Waals surface area contributed by atoms with Crippen molar-refractivity contribution < 1.29 is 17.9 Å². The van der Waals surface area contributed by atoms with Crippen LogP contribution in [0.25, 0.3) is 0 Å². The number of halogens is 5. The van der Waals surface area contributed by atoms with Gasteiger partial charge < -0.3 is 10.1 Å².